The van der Waals surface area contributed by atoms with Crippen LogP contribution in [0.15, 0.2) is 40.2 Å². The molecule has 0 radical (unpaired) electrons. The van der Waals surface area contributed by atoms with Gasteiger partial charge in [-0.05, 0) is 86.0 Å². The normalized spacial score (nSPS) is 17.3. The fourth-order valence-corrected chi connectivity index (χ4v) is 3.87. The number of thioether (sulfide) groups is 1. The molecule has 1 aliphatic heterocycles. The average Bonchev–Trinajstić information content (AvgIpc) is 3.05. The summed E-state index contributed by atoms with van der Waals surface area (Å²) in [6.45, 7) is 8.10. The molecule has 2 aromatic carbocycles. The summed E-state index contributed by atoms with van der Waals surface area (Å²) in [5.41, 5.74) is 3.91. The zero-order valence-electron chi connectivity index (χ0n) is 17.7. The topological polar surface area (TPSA) is 59.9 Å². The summed E-state index contributed by atoms with van der Waals surface area (Å²) in [5.74, 6) is 0.843. The van der Waals surface area contributed by atoms with Gasteiger partial charge in [0, 0.05) is 0 Å². The number of aliphatic imine (C=N–C) groups is 1. The van der Waals surface area contributed by atoms with Crippen LogP contribution in [0.25, 0.3) is 6.08 Å². The van der Waals surface area contributed by atoms with Crippen LogP contribution < -0.4 is 14.8 Å². The van der Waals surface area contributed by atoms with Crippen molar-refractivity contribution in [2.45, 2.75) is 40.2 Å². The maximum atomic E-state index is 12.4. The number of halogens is 1. The van der Waals surface area contributed by atoms with Crippen molar-refractivity contribution < 1.29 is 14.3 Å². The van der Waals surface area contributed by atoms with E-state index in [1.165, 1.54) is 17.3 Å². The third-order valence-corrected chi connectivity index (χ3v) is 6.01. The van der Waals surface area contributed by atoms with Crippen LogP contribution in [-0.4, -0.2) is 24.3 Å². The summed E-state index contributed by atoms with van der Waals surface area (Å²) >= 11 is 7.73. The molecule has 0 spiro atoms. The molecule has 1 fully saturated rings. The molecule has 0 saturated carbocycles. The van der Waals surface area contributed by atoms with E-state index in [0.717, 1.165) is 23.2 Å². The molecule has 3 rings (SSSR count). The number of ether oxygens (including phenoxy) is 2. The van der Waals surface area contributed by atoms with Crippen LogP contribution in [0.1, 0.15) is 37.0 Å². The Kier molecular flexibility index (Phi) is 7.10. The summed E-state index contributed by atoms with van der Waals surface area (Å²) < 4.78 is 11.3. The van der Waals surface area contributed by atoms with Gasteiger partial charge in [0.1, 0.15) is 0 Å². The second-order valence-corrected chi connectivity index (χ2v) is 8.56. The molecule has 158 valence electrons. The minimum atomic E-state index is -0.197. The fraction of sp³-hybridized carbons (Fsp3) is 0.304. The number of hydrogen-bond donors (Lipinski definition) is 1. The zero-order valence-corrected chi connectivity index (χ0v) is 19.3. The van der Waals surface area contributed by atoms with E-state index in [9.17, 15) is 4.79 Å². The van der Waals surface area contributed by atoms with Crippen molar-refractivity contribution in [1.29, 1.82) is 0 Å². The molecule has 0 bridgehead atoms. The number of aryl methyl sites for hydroxylation is 2. The van der Waals surface area contributed by atoms with Crippen molar-refractivity contribution in [2.75, 3.05) is 7.11 Å². The fourth-order valence-electron chi connectivity index (χ4n) is 2.77. The number of methoxy groups -OCH3 is 1. The number of benzene rings is 2. The lowest BCUT2D eigenvalue weighted by Crippen LogP contribution is -2.19. The number of nitrogens with zero attached hydrogens (tertiary/aromatic N) is 1. The second-order valence-electron chi connectivity index (χ2n) is 7.12. The highest BCUT2D eigenvalue weighted by atomic mass is 35.5. The second kappa shape index (κ2) is 9.58. The van der Waals surface area contributed by atoms with Gasteiger partial charge in [0.2, 0.25) is 0 Å². The van der Waals surface area contributed by atoms with Gasteiger partial charge in [0.25, 0.3) is 5.91 Å². The van der Waals surface area contributed by atoms with Crippen LogP contribution in [0.2, 0.25) is 5.02 Å². The molecule has 7 heteroatoms. The minimum absolute atomic E-state index is 0.0148. The largest absolute Gasteiger partial charge is 0.493 e. The van der Waals surface area contributed by atoms with Crippen LogP contribution >= 0.6 is 23.4 Å². The van der Waals surface area contributed by atoms with Gasteiger partial charge < -0.3 is 14.8 Å². The lowest BCUT2D eigenvalue weighted by Gasteiger charge is -2.17. The number of nitrogens with one attached hydrogen (secondary N) is 1. The molecule has 1 amide bonds. The number of amidine groups is 1. The number of amides is 1. The van der Waals surface area contributed by atoms with E-state index < -0.39 is 0 Å². The van der Waals surface area contributed by atoms with Gasteiger partial charge in [0.15, 0.2) is 16.7 Å². The van der Waals surface area contributed by atoms with Crippen molar-refractivity contribution in [1.82, 2.24) is 5.32 Å². The first kappa shape index (κ1) is 22.2. The Morgan fingerprint density at radius 2 is 2.00 bits per heavy atom. The standard InChI is InChI=1S/C23H25ClN2O3S/c1-6-15(4)29-21-18(24)10-16(11-19(21)28-5)12-20-22(27)26-23(30-20)25-17-8-7-13(2)14(3)9-17/h7-12,15H,6H2,1-5H3,(H,25,26,27)/b20-12-/t15-/m1/s1. The predicted octanol–water partition coefficient (Wildman–Crippen LogP) is 6.03. The molecule has 30 heavy (non-hydrogen) atoms. The van der Waals surface area contributed by atoms with E-state index in [1.54, 1.807) is 19.3 Å². The highest BCUT2D eigenvalue weighted by Gasteiger charge is 2.24. The Labute approximate surface area is 186 Å². The van der Waals surface area contributed by atoms with E-state index in [2.05, 4.69) is 17.2 Å². The Hall–Kier alpha value is -2.44. The van der Waals surface area contributed by atoms with Crippen molar-refractivity contribution in [3.63, 3.8) is 0 Å². The molecule has 0 unspecified atom stereocenters. The molecule has 0 aromatic heterocycles. The Morgan fingerprint density at radius 3 is 2.67 bits per heavy atom. The van der Waals surface area contributed by atoms with E-state index in [4.69, 9.17) is 21.1 Å². The van der Waals surface area contributed by atoms with Crippen LogP contribution in [0.4, 0.5) is 5.69 Å². The van der Waals surface area contributed by atoms with Gasteiger partial charge in [-0.15, -0.1) is 0 Å². The molecule has 5 nitrogen and oxygen atoms in total. The summed E-state index contributed by atoms with van der Waals surface area (Å²) in [6.07, 6.45) is 2.63. The minimum Gasteiger partial charge on any atom is -0.493 e. The van der Waals surface area contributed by atoms with Crippen molar-refractivity contribution in [3.8, 4) is 11.5 Å². The molecule has 1 atom stereocenters. The van der Waals surface area contributed by atoms with Gasteiger partial charge in [-0.3, -0.25) is 4.79 Å². The van der Waals surface area contributed by atoms with E-state index in [-0.39, 0.29) is 12.0 Å². The maximum absolute atomic E-state index is 12.4. The Balaban J connectivity index is 1.86. The highest BCUT2D eigenvalue weighted by molar-refractivity contribution is 8.18. The molecule has 2 aromatic rings. The SMILES string of the molecule is CC[C@@H](C)Oc1c(Cl)cc(/C=C2\SC(=Nc3ccc(C)c(C)c3)NC2=O)cc1OC. The molecule has 1 N–H and O–H groups in total. The van der Waals surface area contributed by atoms with Gasteiger partial charge in [-0.25, -0.2) is 4.99 Å². The Bertz CT molecular complexity index is 1030. The van der Waals surface area contributed by atoms with Crippen molar-refractivity contribution in [2.24, 2.45) is 4.99 Å². The van der Waals surface area contributed by atoms with Crippen LogP contribution in [0.3, 0.4) is 0 Å². The van der Waals surface area contributed by atoms with Crippen LogP contribution in [0, 0.1) is 13.8 Å². The molecule has 1 aliphatic rings. The number of carbonyl (C=O) groups is 1. The van der Waals surface area contributed by atoms with Crippen molar-refractivity contribution in [3.05, 3.63) is 56.9 Å². The van der Waals surface area contributed by atoms with Crippen LogP contribution in [-0.2, 0) is 4.79 Å². The van der Waals surface area contributed by atoms with E-state index in [1.807, 2.05) is 45.0 Å². The molecular weight excluding hydrogens is 420 g/mol. The summed E-state index contributed by atoms with van der Waals surface area (Å²) in [7, 11) is 1.57. The smallest absolute Gasteiger partial charge is 0.264 e. The molecule has 1 heterocycles. The number of hydrogen-bond acceptors (Lipinski definition) is 5. The number of rotatable bonds is 6. The van der Waals surface area contributed by atoms with Crippen LogP contribution in [0.5, 0.6) is 11.5 Å². The Morgan fingerprint density at radius 1 is 1.23 bits per heavy atom. The van der Waals surface area contributed by atoms with E-state index in [0.29, 0.717) is 26.6 Å². The molecule has 1 saturated heterocycles. The monoisotopic (exact) mass is 444 g/mol. The molecule has 0 aliphatic carbocycles. The lowest BCUT2D eigenvalue weighted by molar-refractivity contribution is -0.115. The zero-order chi connectivity index (χ0) is 21.8. The number of carbonyl (C=O) groups excluding carboxylic acids is 1. The predicted molar refractivity (Wildman–Crippen MR) is 125 cm³/mol. The molecular formula is C23H25ClN2O3S. The van der Waals surface area contributed by atoms with Gasteiger partial charge in [0.05, 0.1) is 28.8 Å². The maximum Gasteiger partial charge on any atom is 0.264 e. The average molecular weight is 445 g/mol. The van der Waals surface area contributed by atoms with Crippen molar-refractivity contribution >= 4 is 46.2 Å². The quantitative estimate of drug-likeness (QED) is 0.552. The summed E-state index contributed by atoms with van der Waals surface area (Å²) in [6, 6.07) is 9.52. The third-order valence-electron chi connectivity index (χ3n) is 4.82. The highest BCUT2D eigenvalue weighted by Crippen LogP contribution is 2.39. The lowest BCUT2D eigenvalue weighted by atomic mass is 10.1. The first-order chi connectivity index (χ1) is 14.3. The van der Waals surface area contributed by atoms with Gasteiger partial charge in [-0.2, -0.15) is 0 Å². The van der Waals surface area contributed by atoms with Gasteiger partial charge in [-0.1, -0.05) is 24.6 Å². The van der Waals surface area contributed by atoms with E-state index >= 15 is 0 Å². The summed E-state index contributed by atoms with van der Waals surface area (Å²) in [5, 5.41) is 3.80. The first-order valence-electron chi connectivity index (χ1n) is 9.71. The summed E-state index contributed by atoms with van der Waals surface area (Å²) in [4.78, 5) is 17.5. The van der Waals surface area contributed by atoms with Gasteiger partial charge >= 0.3 is 0 Å². The first-order valence-corrected chi connectivity index (χ1v) is 10.9. The third kappa shape index (κ3) is 5.18.